The number of ether oxygens (including phenoxy) is 5. The van der Waals surface area contributed by atoms with E-state index in [9.17, 15) is 9.59 Å². The molecule has 0 N–H and O–H groups in total. The molecule has 0 saturated carbocycles. The Hall–Kier alpha value is -3.90. The molecule has 1 saturated heterocycles. The van der Waals surface area contributed by atoms with Crippen molar-refractivity contribution in [1.82, 2.24) is 9.88 Å². The van der Waals surface area contributed by atoms with Gasteiger partial charge in [0.2, 0.25) is 0 Å². The predicted molar refractivity (Wildman–Crippen MR) is 187 cm³/mol. The molecule has 2 aliphatic heterocycles. The summed E-state index contributed by atoms with van der Waals surface area (Å²) in [6.07, 6.45) is 0.170. The fourth-order valence-corrected chi connectivity index (χ4v) is 7.07. The Bertz CT molecular complexity index is 1680. The van der Waals surface area contributed by atoms with E-state index in [0.717, 1.165) is 22.0 Å². The third kappa shape index (κ3) is 8.46. The minimum Gasteiger partial charge on any atom is -0.496 e. The number of anilines is 1. The highest BCUT2D eigenvalue weighted by atomic mass is 32.1. The number of halogens is 1. The highest BCUT2D eigenvalue weighted by Gasteiger charge is 2.38. The topological polar surface area (TPSA) is 99.7 Å². The molecule has 2 atom stereocenters. The maximum atomic E-state index is 16.0. The van der Waals surface area contributed by atoms with Crippen molar-refractivity contribution in [3.8, 4) is 22.8 Å². The molecule has 3 aromatic rings. The van der Waals surface area contributed by atoms with Crippen LogP contribution in [0.3, 0.4) is 0 Å². The number of nitrogens with zero attached hydrogens (tertiary/aromatic N) is 3. The van der Waals surface area contributed by atoms with E-state index in [0.29, 0.717) is 60.7 Å². The lowest BCUT2D eigenvalue weighted by molar-refractivity contribution is -0.165. The maximum absolute atomic E-state index is 16.0. The molecular weight excluding hydrogens is 649 g/mol. The number of para-hydroxylation sites is 1. The van der Waals surface area contributed by atoms with Crippen molar-refractivity contribution in [2.75, 3.05) is 38.8 Å². The van der Waals surface area contributed by atoms with E-state index in [-0.39, 0.29) is 37.0 Å². The fourth-order valence-electron chi connectivity index (χ4n) is 6.21. The Morgan fingerprint density at radius 1 is 1.04 bits per heavy atom. The molecule has 0 bridgehead atoms. The maximum Gasteiger partial charge on any atom is 0.410 e. The first-order valence-corrected chi connectivity index (χ1v) is 17.5. The molecule has 10 nitrogen and oxygen atoms in total. The van der Waals surface area contributed by atoms with Gasteiger partial charge in [0.05, 0.1) is 31.4 Å². The number of aryl methyl sites for hydroxylation is 1. The molecule has 2 aromatic carbocycles. The molecule has 1 aromatic heterocycles. The van der Waals surface area contributed by atoms with Crippen LogP contribution in [0, 0.1) is 18.7 Å². The third-order valence-electron chi connectivity index (χ3n) is 8.56. The van der Waals surface area contributed by atoms with Crippen LogP contribution in [0.1, 0.15) is 70.2 Å². The van der Waals surface area contributed by atoms with Crippen LogP contribution < -0.4 is 14.4 Å². The summed E-state index contributed by atoms with van der Waals surface area (Å²) in [5.74, 6) is 0.180. The van der Waals surface area contributed by atoms with Crippen LogP contribution in [0.25, 0.3) is 11.3 Å². The van der Waals surface area contributed by atoms with Crippen LogP contribution in [0.5, 0.6) is 11.5 Å². The number of carbonyl (C=O) groups is 2. The molecule has 1 fully saturated rings. The summed E-state index contributed by atoms with van der Waals surface area (Å²) < 4.78 is 45.0. The van der Waals surface area contributed by atoms with Gasteiger partial charge in [0.25, 0.3) is 0 Å². The summed E-state index contributed by atoms with van der Waals surface area (Å²) in [6, 6.07) is 7.50. The second-order valence-electron chi connectivity index (χ2n) is 14.6. The zero-order valence-corrected chi connectivity index (χ0v) is 30.8. The van der Waals surface area contributed by atoms with E-state index in [4.69, 9.17) is 28.7 Å². The van der Waals surface area contributed by atoms with Crippen LogP contribution in [0.4, 0.5) is 14.3 Å². The zero-order valence-electron chi connectivity index (χ0n) is 30.0. The van der Waals surface area contributed by atoms with Gasteiger partial charge in [0.1, 0.15) is 35.1 Å². The monoisotopic (exact) mass is 697 g/mol. The van der Waals surface area contributed by atoms with Crippen molar-refractivity contribution in [3.63, 3.8) is 0 Å². The summed E-state index contributed by atoms with van der Waals surface area (Å²) in [5.41, 5.74) is 2.77. The van der Waals surface area contributed by atoms with Gasteiger partial charge >= 0.3 is 12.1 Å². The molecule has 1 amide bonds. The number of amides is 1. The summed E-state index contributed by atoms with van der Waals surface area (Å²) in [7, 11) is 3.16. The SMILES string of the molecule is COc1cc(COc2c(C)cccc2-c2csc(N3CC[C@@H](C(=O)OC(C)(C)C)[C@@H](OC)C3)n2)c(F)c2c1CN(C(=O)OC(C)(C)C)CC2. The van der Waals surface area contributed by atoms with E-state index in [1.165, 1.54) is 11.3 Å². The lowest BCUT2D eigenvalue weighted by atomic mass is 9.93. The van der Waals surface area contributed by atoms with Gasteiger partial charge in [-0.15, -0.1) is 11.3 Å². The number of benzene rings is 2. The second kappa shape index (κ2) is 14.5. The number of hydrogen-bond acceptors (Lipinski definition) is 10. The molecule has 2 aliphatic rings. The first-order valence-electron chi connectivity index (χ1n) is 16.6. The summed E-state index contributed by atoms with van der Waals surface area (Å²) in [5, 5.41) is 2.80. The van der Waals surface area contributed by atoms with Crippen LogP contribution >= 0.6 is 11.3 Å². The van der Waals surface area contributed by atoms with Gasteiger partial charge in [0.15, 0.2) is 5.13 Å². The quantitative estimate of drug-likeness (QED) is 0.224. The number of esters is 1. The highest BCUT2D eigenvalue weighted by molar-refractivity contribution is 7.14. The average Bonchev–Trinajstić information content (AvgIpc) is 3.53. The standard InChI is InChI=1S/C37H48FN3O7S/c1-22-11-10-12-25(28-21-49-34(39-28)40-15-14-26(30(19-40)45-9)33(42)47-36(2,3)4)32(22)46-20-23-17-29(44-8)27-18-41(16-13-24(27)31(23)38)35(43)48-37(5,6)7/h10-12,17,21,26,30H,13-16,18-20H2,1-9H3/t26-,30+/m1/s1. The third-order valence-corrected chi connectivity index (χ3v) is 9.46. The Morgan fingerprint density at radius 3 is 2.45 bits per heavy atom. The number of rotatable bonds is 8. The fraction of sp³-hybridized carbons (Fsp3) is 0.541. The lowest BCUT2D eigenvalue weighted by Gasteiger charge is -2.37. The lowest BCUT2D eigenvalue weighted by Crippen LogP contribution is -2.49. The summed E-state index contributed by atoms with van der Waals surface area (Å²) in [6.45, 7) is 14.7. The number of thiazole rings is 1. The van der Waals surface area contributed by atoms with Gasteiger partial charge in [-0.05, 0) is 84.6 Å². The van der Waals surface area contributed by atoms with Gasteiger partial charge in [0, 0.05) is 48.8 Å². The molecule has 3 heterocycles. The molecule has 12 heteroatoms. The number of hydrogen-bond donors (Lipinski definition) is 0. The highest BCUT2D eigenvalue weighted by Crippen LogP contribution is 2.39. The molecule has 0 spiro atoms. The first-order chi connectivity index (χ1) is 23.1. The Kier molecular flexibility index (Phi) is 10.8. The first kappa shape index (κ1) is 36.4. The molecular formula is C37H48FN3O7S. The van der Waals surface area contributed by atoms with Crippen LogP contribution in [0.2, 0.25) is 0 Å². The Balaban J connectivity index is 1.32. The van der Waals surface area contributed by atoms with Gasteiger partial charge in [-0.2, -0.15) is 0 Å². The average molecular weight is 698 g/mol. The van der Waals surface area contributed by atoms with Gasteiger partial charge in [-0.1, -0.05) is 12.1 Å². The largest absolute Gasteiger partial charge is 0.496 e. The van der Waals surface area contributed by atoms with E-state index < -0.39 is 17.3 Å². The molecule has 0 aliphatic carbocycles. The van der Waals surface area contributed by atoms with Crippen molar-refractivity contribution in [2.45, 2.75) is 91.8 Å². The van der Waals surface area contributed by atoms with Crippen molar-refractivity contribution in [2.24, 2.45) is 5.92 Å². The molecule has 49 heavy (non-hydrogen) atoms. The second-order valence-corrected chi connectivity index (χ2v) is 15.4. The van der Waals surface area contributed by atoms with E-state index in [2.05, 4.69) is 4.90 Å². The smallest absolute Gasteiger partial charge is 0.410 e. The van der Waals surface area contributed by atoms with E-state index in [1.807, 2.05) is 72.0 Å². The van der Waals surface area contributed by atoms with Crippen LogP contribution in [0.15, 0.2) is 29.6 Å². The molecule has 266 valence electrons. The number of methoxy groups -OCH3 is 2. The van der Waals surface area contributed by atoms with Crippen molar-refractivity contribution in [3.05, 3.63) is 57.7 Å². The van der Waals surface area contributed by atoms with E-state index >= 15 is 4.39 Å². The number of aromatic nitrogens is 1. The minimum absolute atomic E-state index is 0.0200. The Labute approximate surface area is 292 Å². The van der Waals surface area contributed by atoms with Gasteiger partial charge in [-0.25, -0.2) is 14.2 Å². The van der Waals surface area contributed by atoms with E-state index in [1.54, 1.807) is 25.2 Å². The van der Waals surface area contributed by atoms with Gasteiger partial charge < -0.3 is 33.5 Å². The summed E-state index contributed by atoms with van der Waals surface area (Å²) in [4.78, 5) is 34.3. The van der Waals surface area contributed by atoms with Crippen molar-refractivity contribution >= 4 is 28.5 Å². The summed E-state index contributed by atoms with van der Waals surface area (Å²) >= 11 is 1.51. The molecule has 0 radical (unpaired) electrons. The van der Waals surface area contributed by atoms with Gasteiger partial charge in [-0.3, -0.25) is 4.79 Å². The van der Waals surface area contributed by atoms with Crippen molar-refractivity contribution < 1.29 is 37.7 Å². The number of piperidine rings is 1. The minimum atomic E-state index is -0.629. The molecule has 5 rings (SSSR count). The molecule has 0 unspecified atom stereocenters. The Morgan fingerprint density at radius 2 is 1.78 bits per heavy atom. The van der Waals surface area contributed by atoms with Crippen LogP contribution in [-0.2, 0) is 38.6 Å². The van der Waals surface area contributed by atoms with Crippen molar-refractivity contribution in [1.29, 1.82) is 0 Å². The normalized spacial score (nSPS) is 18.2. The van der Waals surface area contributed by atoms with Crippen LogP contribution in [-0.4, -0.2) is 73.1 Å². The zero-order chi connectivity index (χ0) is 35.7. The predicted octanol–water partition coefficient (Wildman–Crippen LogP) is 7.32. The number of carbonyl (C=O) groups excluding carboxylic acids is 2. The number of fused-ring (bicyclic) bond motifs is 1.